The van der Waals surface area contributed by atoms with Gasteiger partial charge < -0.3 is 19.9 Å². The van der Waals surface area contributed by atoms with E-state index in [9.17, 15) is 4.79 Å². The van der Waals surface area contributed by atoms with Gasteiger partial charge in [0.25, 0.3) is 0 Å². The van der Waals surface area contributed by atoms with Gasteiger partial charge in [-0.25, -0.2) is 0 Å². The Morgan fingerprint density at radius 2 is 2.00 bits per heavy atom. The molecule has 0 radical (unpaired) electrons. The van der Waals surface area contributed by atoms with Crippen LogP contribution in [0.1, 0.15) is 44.7 Å². The van der Waals surface area contributed by atoms with Gasteiger partial charge in [-0.1, -0.05) is 24.3 Å². The Labute approximate surface area is 166 Å². The van der Waals surface area contributed by atoms with Crippen LogP contribution in [-0.2, 0) is 6.54 Å². The summed E-state index contributed by atoms with van der Waals surface area (Å²) in [7, 11) is 1.79. The Hall–Kier alpha value is -2.76. The first kappa shape index (κ1) is 20.0. The Morgan fingerprint density at radius 3 is 2.79 bits per heavy atom. The molecule has 0 saturated carbocycles. The maximum absolute atomic E-state index is 11.7. The molecule has 0 amide bonds. The van der Waals surface area contributed by atoms with Gasteiger partial charge in [0.2, 0.25) is 5.56 Å². The minimum absolute atomic E-state index is 0.0498. The van der Waals surface area contributed by atoms with Crippen LogP contribution in [-0.4, -0.2) is 29.7 Å². The lowest BCUT2D eigenvalue weighted by Gasteiger charge is -2.38. The lowest BCUT2D eigenvalue weighted by atomic mass is 9.90. The number of nitrogens with one attached hydrogen (secondary N) is 2. The van der Waals surface area contributed by atoms with Gasteiger partial charge >= 0.3 is 0 Å². The number of pyridine rings is 1. The van der Waals surface area contributed by atoms with Crippen molar-refractivity contribution >= 4 is 5.96 Å². The molecular weight excluding hydrogens is 352 g/mol. The number of hydrogen-bond acceptors (Lipinski definition) is 3. The molecule has 1 aliphatic rings. The quantitative estimate of drug-likeness (QED) is 0.458. The van der Waals surface area contributed by atoms with E-state index in [0.717, 1.165) is 49.6 Å². The molecular formula is C22H30N4O2. The van der Waals surface area contributed by atoms with Crippen LogP contribution >= 0.6 is 0 Å². The second kappa shape index (κ2) is 8.95. The zero-order valence-electron chi connectivity index (χ0n) is 16.9. The lowest BCUT2D eigenvalue weighted by molar-refractivity contribution is 0.0694. The van der Waals surface area contributed by atoms with Crippen molar-refractivity contribution in [2.75, 3.05) is 13.6 Å². The minimum Gasteiger partial charge on any atom is -0.487 e. The second-order valence-corrected chi connectivity index (χ2v) is 7.74. The van der Waals surface area contributed by atoms with Crippen molar-refractivity contribution in [1.29, 1.82) is 0 Å². The maximum Gasteiger partial charge on any atom is 0.250 e. The molecule has 2 aromatic rings. The zero-order valence-corrected chi connectivity index (χ0v) is 16.9. The molecule has 2 heterocycles. The van der Waals surface area contributed by atoms with Crippen molar-refractivity contribution in [2.45, 2.75) is 51.3 Å². The van der Waals surface area contributed by atoms with E-state index in [1.807, 2.05) is 30.5 Å². The number of aliphatic imine (C=N–C) groups is 1. The molecule has 28 heavy (non-hydrogen) atoms. The average molecular weight is 383 g/mol. The molecule has 6 heteroatoms. The van der Waals surface area contributed by atoms with Gasteiger partial charge in [0.1, 0.15) is 11.4 Å². The molecule has 6 nitrogen and oxygen atoms in total. The predicted octanol–water partition coefficient (Wildman–Crippen LogP) is 3.10. The van der Waals surface area contributed by atoms with Crippen LogP contribution in [0.15, 0.2) is 58.4 Å². The fraction of sp³-hybridized carbons (Fsp3) is 0.455. The summed E-state index contributed by atoms with van der Waals surface area (Å²) in [6.07, 6.45) is 4.58. The molecule has 3 rings (SSSR count). The highest BCUT2D eigenvalue weighted by Crippen LogP contribution is 2.39. The number of para-hydroxylation sites is 1. The first-order chi connectivity index (χ1) is 13.5. The van der Waals surface area contributed by atoms with E-state index in [-0.39, 0.29) is 17.2 Å². The highest BCUT2D eigenvalue weighted by atomic mass is 16.5. The van der Waals surface area contributed by atoms with Crippen molar-refractivity contribution in [3.05, 3.63) is 64.6 Å². The van der Waals surface area contributed by atoms with E-state index in [1.165, 1.54) is 0 Å². The molecule has 150 valence electrons. The summed E-state index contributed by atoms with van der Waals surface area (Å²) in [6, 6.07) is 13.6. The van der Waals surface area contributed by atoms with Crippen LogP contribution in [0.5, 0.6) is 5.75 Å². The molecule has 1 atom stereocenters. The number of benzene rings is 1. The number of guanidine groups is 1. The third-order valence-corrected chi connectivity index (χ3v) is 4.93. The van der Waals surface area contributed by atoms with Gasteiger partial charge in [0.15, 0.2) is 5.96 Å². The first-order valence-corrected chi connectivity index (χ1v) is 9.89. The van der Waals surface area contributed by atoms with E-state index in [4.69, 9.17) is 4.74 Å². The van der Waals surface area contributed by atoms with Crippen LogP contribution in [0.25, 0.3) is 0 Å². The summed E-state index contributed by atoms with van der Waals surface area (Å²) in [5.41, 5.74) is 0.982. The van der Waals surface area contributed by atoms with Crippen molar-refractivity contribution in [1.82, 2.24) is 15.2 Å². The summed E-state index contributed by atoms with van der Waals surface area (Å²) in [5.74, 6) is 1.72. The van der Waals surface area contributed by atoms with Crippen molar-refractivity contribution in [3.8, 4) is 5.75 Å². The van der Waals surface area contributed by atoms with E-state index >= 15 is 0 Å². The number of nitrogens with zero attached hydrogens (tertiary/aromatic N) is 2. The SMILES string of the molecule is CN=C(NCCCCn1ccccc1=O)NC1CC(C)(C)Oc2ccccc21. The van der Waals surface area contributed by atoms with Gasteiger partial charge in [0.05, 0.1) is 6.04 Å². The number of rotatable bonds is 6. The first-order valence-electron chi connectivity index (χ1n) is 9.89. The number of unbranched alkanes of at least 4 members (excludes halogenated alkanes) is 1. The van der Waals surface area contributed by atoms with Gasteiger partial charge in [-0.2, -0.15) is 0 Å². The Kier molecular flexibility index (Phi) is 6.39. The Balaban J connectivity index is 1.51. The topological polar surface area (TPSA) is 67.7 Å². The minimum atomic E-state index is -0.228. The molecule has 1 unspecified atom stereocenters. The Morgan fingerprint density at radius 1 is 1.21 bits per heavy atom. The summed E-state index contributed by atoms with van der Waals surface area (Å²) in [4.78, 5) is 16.1. The van der Waals surface area contributed by atoms with E-state index < -0.39 is 0 Å². The largest absolute Gasteiger partial charge is 0.487 e. The highest BCUT2D eigenvalue weighted by molar-refractivity contribution is 5.80. The number of ether oxygens (including phenoxy) is 1. The number of hydrogen-bond donors (Lipinski definition) is 2. The smallest absolute Gasteiger partial charge is 0.250 e. The summed E-state index contributed by atoms with van der Waals surface area (Å²) < 4.78 is 7.85. The van der Waals surface area contributed by atoms with Crippen LogP contribution in [0.4, 0.5) is 0 Å². The third kappa shape index (κ3) is 5.15. The standard InChI is InChI=1S/C22H30N4O2/c1-22(2)16-18(17-10-4-5-11-19(17)28-22)25-21(23-3)24-13-7-9-15-26-14-8-6-12-20(26)27/h4-6,8,10-12,14,18H,7,9,13,15-16H2,1-3H3,(H2,23,24,25). The third-order valence-electron chi connectivity index (χ3n) is 4.93. The summed E-state index contributed by atoms with van der Waals surface area (Å²) in [6.45, 7) is 5.75. The number of aryl methyl sites for hydroxylation is 1. The maximum atomic E-state index is 11.7. The highest BCUT2D eigenvalue weighted by Gasteiger charge is 2.33. The molecule has 2 N–H and O–H groups in total. The van der Waals surface area contributed by atoms with E-state index in [1.54, 1.807) is 23.7 Å². The molecule has 1 aliphatic heterocycles. The lowest BCUT2D eigenvalue weighted by Crippen LogP contribution is -2.45. The molecule has 0 fully saturated rings. The molecule has 1 aromatic heterocycles. The van der Waals surface area contributed by atoms with Crippen LogP contribution in [0.3, 0.4) is 0 Å². The second-order valence-electron chi connectivity index (χ2n) is 7.74. The fourth-order valence-corrected chi connectivity index (χ4v) is 3.55. The number of aromatic nitrogens is 1. The van der Waals surface area contributed by atoms with Crippen molar-refractivity contribution in [3.63, 3.8) is 0 Å². The monoisotopic (exact) mass is 382 g/mol. The van der Waals surface area contributed by atoms with Gasteiger partial charge in [0, 0.05) is 44.4 Å². The van der Waals surface area contributed by atoms with Gasteiger partial charge in [-0.15, -0.1) is 0 Å². The van der Waals surface area contributed by atoms with Gasteiger partial charge in [-0.3, -0.25) is 9.79 Å². The summed E-state index contributed by atoms with van der Waals surface area (Å²) in [5, 5.41) is 6.93. The predicted molar refractivity (Wildman–Crippen MR) is 113 cm³/mol. The van der Waals surface area contributed by atoms with Gasteiger partial charge in [-0.05, 0) is 38.8 Å². The van der Waals surface area contributed by atoms with Crippen LogP contribution in [0.2, 0.25) is 0 Å². The van der Waals surface area contributed by atoms with Crippen LogP contribution < -0.4 is 20.9 Å². The molecule has 1 aromatic carbocycles. The van der Waals surface area contributed by atoms with Crippen molar-refractivity contribution in [2.24, 2.45) is 4.99 Å². The summed E-state index contributed by atoms with van der Waals surface area (Å²) >= 11 is 0. The van der Waals surface area contributed by atoms with Crippen LogP contribution in [0, 0.1) is 0 Å². The fourth-order valence-electron chi connectivity index (χ4n) is 3.55. The normalized spacial score (nSPS) is 18.1. The molecule has 0 aliphatic carbocycles. The van der Waals surface area contributed by atoms with Crippen molar-refractivity contribution < 1.29 is 4.74 Å². The molecule has 0 spiro atoms. The number of fused-ring (bicyclic) bond motifs is 1. The van der Waals surface area contributed by atoms with E-state index in [0.29, 0.717) is 0 Å². The van der Waals surface area contributed by atoms with E-state index in [2.05, 4.69) is 35.5 Å². The Bertz CT molecular complexity index is 873. The zero-order chi connectivity index (χ0) is 20.0. The average Bonchev–Trinajstić information content (AvgIpc) is 2.67. The molecule has 0 saturated heterocycles. The molecule has 0 bridgehead atoms.